The second-order valence-electron chi connectivity index (χ2n) is 3.86. The topological polar surface area (TPSA) is 9.23 Å². The maximum absolute atomic E-state index is 6.17. The number of halogens is 2. The van der Waals surface area contributed by atoms with Gasteiger partial charge in [0.15, 0.2) is 0 Å². The van der Waals surface area contributed by atoms with E-state index in [9.17, 15) is 0 Å². The molecule has 0 fully saturated rings. The van der Waals surface area contributed by atoms with Crippen LogP contribution in [0.2, 0.25) is 5.02 Å². The monoisotopic (exact) mass is 276 g/mol. The Hall–Kier alpha value is -0.210. The van der Waals surface area contributed by atoms with Crippen molar-refractivity contribution in [1.82, 2.24) is 0 Å². The fourth-order valence-electron chi connectivity index (χ4n) is 1.24. The Balaban J connectivity index is 3.12. The normalized spacial score (nSPS) is 11.5. The number of methoxy groups -OCH3 is 1. The molecule has 0 unspecified atom stereocenters. The second-order valence-corrected chi connectivity index (χ2v) is 4.83. The summed E-state index contributed by atoms with van der Waals surface area (Å²) in [7, 11) is 1.64. The van der Waals surface area contributed by atoms with Crippen LogP contribution < -0.4 is 4.74 Å². The lowest BCUT2D eigenvalue weighted by Gasteiger charge is -2.23. The fraction of sp³-hybridized carbons (Fsp3) is 0.455. The van der Waals surface area contributed by atoms with Gasteiger partial charge in [-0.05, 0) is 17.7 Å². The first-order valence-corrected chi connectivity index (χ1v) is 5.91. The molecule has 0 saturated heterocycles. The molecule has 0 aliphatic carbocycles. The third-order valence-corrected chi connectivity index (χ3v) is 3.95. The van der Waals surface area contributed by atoms with Gasteiger partial charge in [-0.1, -0.05) is 47.4 Å². The van der Waals surface area contributed by atoms with E-state index in [4.69, 9.17) is 16.3 Å². The third-order valence-electron chi connectivity index (χ3n) is 2.24. The van der Waals surface area contributed by atoms with E-state index in [0.717, 1.165) is 21.7 Å². The van der Waals surface area contributed by atoms with Crippen molar-refractivity contribution < 1.29 is 4.74 Å². The Morgan fingerprint density at radius 1 is 1.43 bits per heavy atom. The van der Waals surface area contributed by atoms with Gasteiger partial charge < -0.3 is 4.74 Å². The van der Waals surface area contributed by atoms with Gasteiger partial charge in [0.1, 0.15) is 5.75 Å². The van der Waals surface area contributed by atoms with Crippen LogP contribution >= 0.6 is 27.5 Å². The molecule has 1 nitrogen and oxygen atoms in total. The largest absolute Gasteiger partial charge is 0.497 e. The predicted molar refractivity (Wildman–Crippen MR) is 64.8 cm³/mol. The highest BCUT2D eigenvalue weighted by molar-refractivity contribution is 9.09. The number of ether oxygens (including phenoxy) is 1. The summed E-state index contributed by atoms with van der Waals surface area (Å²) in [5.74, 6) is 0.795. The Kier molecular flexibility index (Phi) is 3.85. The average molecular weight is 278 g/mol. The van der Waals surface area contributed by atoms with E-state index in [-0.39, 0.29) is 5.41 Å². The Morgan fingerprint density at radius 2 is 2.07 bits per heavy atom. The van der Waals surface area contributed by atoms with Crippen LogP contribution in [-0.4, -0.2) is 12.4 Å². The molecular weight excluding hydrogens is 263 g/mol. The van der Waals surface area contributed by atoms with Crippen LogP contribution in [0.3, 0.4) is 0 Å². The van der Waals surface area contributed by atoms with Gasteiger partial charge in [0.2, 0.25) is 0 Å². The van der Waals surface area contributed by atoms with Gasteiger partial charge in [-0.15, -0.1) is 0 Å². The maximum atomic E-state index is 6.17. The van der Waals surface area contributed by atoms with E-state index in [1.54, 1.807) is 7.11 Å². The summed E-state index contributed by atoms with van der Waals surface area (Å²) in [6, 6.07) is 5.80. The molecule has 14 heavy (non-hydrogen) atoms. The molecule has 0 amide bonds. The minimum absolute atomic E-state index is 0.0450. The predicted octanol–water partition coefficient (Wildman–Crippen LogP) is 4.02. The van der Waals surface area contributed by atoms with E-state index in [0.29, 0.717) is 0 Å². The molecule has 0 aliphatic rings. The highest BCUT2D eigenvalue weighted by Crippen LogP contribution is 2.33. The van der Waals surface area contributed by atoms with E-state index < -0.39 is 0 Å². The Labute approximate surface area is 98.5 Å². The highest BCUT2D eigenvalue weighted by atomic mass is 79.9. The van der Waals surface area contributed by atoms with Gasteiger partial charge >= 0.3 is 0 Å². The summed E-state index contributed by atoms with van der Waals surface area (Å²) >= 11 is 9.66. The van der Waals surface area contributed by atoms with Gasteiger partial charge in [-0.25, -0.2) is 0 Å². The average Bonchev–Trinajstić information content (AvgIpc) is 2.17. The number of benzene rings is 1. The van der Waals surface area contributed by atoms with Crippen LogP contribution in [0.4, 0.5) is 0 Å². The van der Waals surface area contributed by atoms with Crippen molar-refractivity contribution in [2.45, 2.75) is 19.3 Å². The molecular formula is C11H14BrClO. The van der Waals surface area contributed by atoms with Crippen LogP contribution in [-0.2, 0) is 5.41 Å². The van der Waals surface area contributed by atoms with Crippen LogP contribution in [0.25, 0.3) is 0 Å². The summed E-state index contributed by atoms with van der Waals surface area (Å²) in [6.45, 7) is 4.30. The minimum atomic E-state index is 0.0450. The van der Waals surface area contributed by atoms with E-state index in [1.165, 1.54) is 0 Å². The van der Waals surface area contributed by atoms with Gasteiger partial charge in [0.05, 0.1) is 7.11 Å². The molecule has 0 atom stereocenters. The van der Waals surface area contributed by atoms with Crippen LogP contribution in [0.15, 0.2) is 18.2 Å². The highest BCUT2D eigenvalue weighted by Gasteiger charge is 2.21. The lowest BCUT2D eigenvalue weighted by molar-refractivity contribution is 0.414. The molecule has 1 rings (SSSR count). The van der Waals surface area contributed by atoms with Crippen molar-refractivity contribution in [2.75, 3.05) is 12.4 Å². The molecule has 0 bridgehead atoms. The molecule has 0 aromatic heterocycles. The lowest BCUT2D eigenvalue weighted by Crippen LogP contribution is -2.19. The van der Waals surface area contributed by atoms with Crippen molar-refractivity contribution in [3.05, 3.63) is 28.8 Å². The zero-order valence-electron chi connectivity index (χ0n) is 8.60. The molecule has 0 N–H and O–H groups in total. The maximum Gasteiger partial charge on any atom is 0.120 e. The van der Waals surface area contributed by atoms with Crippen molar-refractivity contribution >= 4 is 27.5 Å². The first-order chi connectivity index (χ1) is 6.51. The molecule has 0 spiro atoms. The summed E-state index contributed by atoms with van der Waals surface area (Å²) in [6.07, 6.45) is 0. The minimum Gasteiger partial charge on any atom is -0.497 e. The molecule has 0 aliphatic heterocycles. The summed E-state index contributed by atoms with van der Waals surface area (Å²) in [4.78, 5) is 0. The standard InChI is InChI=1S/C11H14BrClO/c1-11(2,7-12)9-5-4-8(14-3)6-10(9)13/h4-6H,7H2,1-3H3. The Morgan fingerprint density at radius 3 is 2.50 bits per heavy atom. The van der Waals surface area contributed by atoms with Gasteiger partial charge in [0, 0.05) is 15.8 Å². The fourth-order valence-corrected chi connectivity index (χ4v) is 1.97. The zero-order chi connectivity index (χ0) is 10.8. The van der Waals surface area contributed by atoms with Crippen molar-refractivity contribution in [1.29, 1.82) is 0 Å². The molecule has 0 heterocycles. The SMILES string of the molecule is COc1ccc(C(C)(C)CBr)c(Cl)c1. The van der Waals surface area contributed by atoms with Crippen molar-refractivity contribution in [2.24, 2.45) is 0 Å². The third kappa shape index (κ3) is 2.43. The molecule has 78 valence electrons. The van der Waals surface area contributed by atoms with Gasteiger partial charge in [-0.2, -0.15) is 0 Å². The quantitative estimate of drug-likeness (QED) is 0.758. The first-order valence-electron chi connectivity index (χ1n) is 4.41. The molecule has 0 radical (unpaired) electrons. The van der Waals surface area contributed by atoms with E-state index in [1.807, 2.05) is 18.2 Å². The summed E-state index contributed by atoms with van der Waals surface area (Å²) < 4.78 is 5.10. The Bertz CT molecular complexity index is 323. The van der Waals surface area contributed by atoms with Crippen molar-refractivity contribution in [3.63, 3.8) is 0 Å². The summed E-state index contributed by atoms with van der Waals surface area (Å²) in [5.41, 5.74) is 1.18. The molecule has 1 aromatic rings. The van der Waals surface area contributed by atoms with E-state index in [2.05, 4.69) is 29.8 Å². The number of hydrogen-bond donors (Lipinski definition) is 0. The number of alkyl halides is 1. The summed E-state index contributed by atoms with van der Waals surface area (Å²) in [5, 5.41) is 1.64. The van der Waals surface area contributed by atoms with Gasteiger partial charge in [0.25, 0.3) is 0 Å². The number of hydrogen-bond acceptors (Lipinski definition) is 1. The smallest absolute Gasteiger partial charge is 0.120 e. The van der Waals surface area contributed by atoms with Crippen LogP contribution in [0.1, 0.15) is 19.4 Å². The second kappa shape index (κ2) is 4.54. The molecule has 0 saturated carbocycles. The van der Waals surface area contributed by atoms with Crippen LogP contribution in [0, 0.1) is 0 Å². The number of rotatable bonds is 3. The molecule has 3 heteroatoms. The lowest BCUT2D eigenvalue weighted by atomic mass is 9.87. The first kappa shape index (κ1) is 11.9. The zero-order valence-corrected chi connectivity index (χ0v) is 10.9. The van der Waals surface area contributed by atoms with Crippen LogP contribution in [0.5, 0.6) is 5.75 Å². The molecule has 1 aromatic carbocycles. The van der Waals surface area contributed by atoms with Gasteiger partial charge in [-0.3, -0.25) is 0 Å². The van der Waals surface area contributed by atoms with E-state index >= 15 is 0 Å². The van der Waals surface area contributed by atoms with Crippen molar-refractivity contribution in [3.8, 4) is 5.75 Å².